The summed E-state index contributed by atoms with van der Waals surface area (Å²) in [6, 6.07) is 7.89. The van der Waals surface area contributed by atoms with Crippen LogP contribution >= 0.6 is 28.1 Å². The minimum absolute atomic E-state index is 0.507. The molecule has 1 aromatic carbocycles. The number of halogens is 1. The molecule has 0 aliphatic rings. The summed E-state index contributed by atoms with van der Waals surface area (Å²) in [4.78, 5) is 0. The molecule has 0 fully saturated rings. The lowest BCUT2D eigenvalue weighted by molar-refractivity contribution is 0.780. The van der Waals surface area contributed by atoms with Crippen molar-refractivity contribution in [2.24, 2.45) is 5.10 Å². The molecule has 0 saturated carbocycles. The Kier molecular flexibility index (Phi) is 3.86. The Morgan fingerprint density at radius 1 is 1.59 bits per heavy atom. The van der Waals surface area contributed by atoms with Gasteiger partial charge in [-0.3, -0.25) is 5.10 Å². The van der Waals surface area contributed by atoms with Gasteiger partial charge in [0.1, 0.15) is 0 Å². The van der Waals surface area contributed by atoms with Crippen LogP contribution in [-0.4, -0.2) is 21.1 Å². The van der Waals surface area contributed by atoms with E-state index < -0.39 is 0 Å². The number of aromatic nitrogens is 3. The number of H-pyrrole nitrogens is 1. The van der Waals surface area contributed by atoms with Gasteiger partial charge in [0.05, 0.1) is 6.21 Å². The van der Waals surface area contributed by atoms with Gasteiger partial charge in [-0.25, -0.2) is 0 Å². The predicted molar refractivity (Wildman–Crippen MR) is 73.9 cm³/mol. The second-order valence-electron chi connectivity index (χ2n) is 3.41. The minimum Gasteiger partial charge on any atom is -0.250 e. The van der Waals surface area contributed by atoms with E-state index in [1.54, 1.807) is 10.9 Å². The number of benzene rings is 1. The third-order valence-electron chi connectivity index (χ3n) is 2.20. The number of aromatic amines is 1. The Bertz CT molecular complexity index is 600. The van der Waals surface area contributed by atoms with Crippen LogP contribution in [0.1, 0.15) is 18.3 Å². The third-order valence-corrected chi connectivity index (χ3v) is 2.96. The minimum atomic E-state index is 0.507. The van der Waals surface area contributed by atoms with Gasteiger partial charge >= 0.3 is 0 Å². The Labute approximate surface area is 113 Å². The van der Waals surface area contributed by atoms with E-state index in [0.29, 0.717) is 4.77 Å². The van der Waals surface area contributed by atoms with Crippen LogP contribution in [0.4, 0.5) is 0 Å². The SMILES string of the molecule is CCc1n[nH]c(=S)n1/N=C\c1cccc(Br)c1. The van der Waals surface area contributed by atoms with Crippen LogP contribution in [0.5, 0.6) is 0 Å². The number of nitrogens with zero attached hydrogens (tertiary/aromatic N) is 3. The van der Waals surface area contributed by atoms with Crippen molar-refractivity contribution >= 4 is 34.4 Å². The summed E-state index contributed by atoms with van der Waals surface area (Å²) in [5.74, 6) is 0.821. The highest BCUT2D eigenvalue weighted by molar-refractivity contribution is 9.10. The molecule has 4 nitrogen and oxygen atoms in total. The van der Waals surface area contributed by atoms with Crippen molar-refractivity contribution in [2.45, 2.75) is 13.3 Å². The molecular formula is C11H11BrN4S. The first kappa shape index (κ1) is 12.2. The first-order chi connectivity index (χ1) is 8.20. The van der Waals surface area contributed by atoms with Gasteiger partial charge in [-0.05, 0) is 29.9 Å². The standard InChI is InChI=1S/C11H11BrN4S/c1-2-10-14-15-11(17)16(10)13-7-8-4-3-5-9(12)6-8/h3-7H,2H2,1H3,(H,15,17)/b13-7-. The molecule has 0 bridgehead atoms. The average molecular weight is 311 g/mol. The molecule has 2 rings (SSSR count). The van der Waals surface area contributed by atoms with Gasteiger partial charge in [-0.1, -0.05) is 35.0 Å². The monoisotopic (exact) mass is 310 g/mol. The van der Waals surface area contributed by atoms with E-state index in [1.807, 2.05) is 31.2 Å². The lowest BCUT2D eigenvalue weighted by Crippen LogP contribution is -1.97. The van der Waals surface area contributed by atoms with E-state index in [0.717, 1.165) is 22.3 Å². The van der Waals surface area contributed by atoms with E-state index >= 15 is 0 Å². The molecule has 1 aromatic heterocycles. The Hall–Kier alpha value is -1.27. The average Bonchev–Trinajstić information content (AvgIpc) is 2.67. The zero-order valence-electron chi connectivity index (χ0n) is 9.22. The van der Waals surface area contributed by atoms with Crippen LogP contribution in [0.3, 0.4) is 0 Å². The third kappa shape index (κ3) is 2.89. The fraction of sp³-hybridized carbons (Fsp3) is 0.182. The van der Waals surface area contributed by atoms with Crippen LogP contribution in [-0.2, 0) is 6.42 Å². The summed E-state index contributed by atoms with van der Waals surface area (Å²) in [5.41, 5.74) is 1.00. The summed E-state index contributed by atoms with van der Waals surface area (Å²) >= 11 is 8.52. The summed E-state index contributed by atoms with van der Waals surface area (Å²) in [7, 11) is 0. The van der Waals surface area contributed by atoms with Crippen molar-refractivity contribution in [1.82, 2.24) is 14.9 Å². The van der Waals surface area contributed by atoms with E-state index in [9.17, 15) is 0 Å². The van der Waals surface area contributed by atoms with Gasteiger partial charge < -0.3 is 0 Å². The molecule has 1 N–H and O–H groups in total. The van der Waals surface area contributed by atoms with Crippen LogP contribution in [0.25, 0.3) is 0 Å². The molecule has 0 saturated heterocycles. The molecular weight excluding hydrogens is 300 g/mol. The van der Waals surface area contributed by atoms with Crippen LogP contribution in [0, 0.1) is 4.77 Å². The summed E-state index contributed by atoms with van der Waals surface area (Å²) in [6.07, 6.45) is 2.54. The molecule has 88 valence electrons. The normalized spacial score (nSPS) is 11.2. The van der Waals surface area contributed by atoms with Gasteiger partial charge in [0.2, 0.25) is 4.77 Å². The van der Waals surface area contributed by atoms with Crippen LogP contribution in [0.15, 0.2) is 33.8 Å². The molecule has 0 unspecified atom stereocenters. The molecule has 17 heavy (non-hydrogen) atoms. The van der Waals surface area contributed by atoms with Crippen molar-refractivity contribution in [3.8, 4) is 0 Å². The number of rotatable bonds is 3. The fourth-order valence-electron chi connectivity index (χ4n) is 1.38. The molecule has 1 heterocycles. The first-order valence-electron chi connectivity index (χ1n) is 5.17. The molecule has 2 aromatic rings. The summed E-state index contributed by atoms with van der Waals surface area (Å²) in [5, 5.41) is 11.1. The van der Waals surface area contributed by atoms with Gasteiger partial charge in [0.15, 0.2) is 5.82 Å². The molecule has 0 spiro atoms. The zero-order valence-corrected chi connectivity index (χ0v) is 11.6. The molecule has 0 radical (unpaired) electrons. The molecule has 0 amide bonds. The molecule has 0 aliphatic carbocycles. The number of aryl methyl sites for hydroxylation is 1. The zero-order chi connectivity index (χ0) is 12.3. The highest BCUT2D eigenvalue weighted by atomic mass is 79.9. The smallest absolute Gasteiger partial charge is 0.216 e. The molecule has 0 atom stereocenters. The molecule has 0 aliphatic heterocycles. The van der Waals surface area contributed by atoms with E-state index in [4.69, 9.17) is 12.2 Å². The maximum Gasteiger partial charge on any atom is 0.216 e. The Balaban J connectivity index is 2.32. The van der Waals surface area contributed by atoms with E-state index in [1.165, 1.54) is 0 Å². The summed E-state index contributed by atoms with van der Waals surface area (Å²) in [6.45, 7) is 2.01. The van der Waals surface area contributed by atoms with Gasteiger partial charge in [-0.2, -0.15) is 14.9 Å². The second kappa shape index (κ2) is 5.37. The maximum absolute atomic E-state index is 5.10. The van der Waals surface area contributed by atoms with Crippen LogP contribution < -0.4 is 0 Å². The predicted octanol–water partition coefficient (Wildman–Crippen LogP) is 3.15. The van der Waals surface area contributed by atoms with Crippen molar-refractivity contribution < 1.29 is 0 Å². The lowest BCUT2D eigenvalue weighted by atomic mass is 10.2. The maximum atomic E-state index is 5.10. The lowest BCUT2D eigenvalue weighted by Gasteiger charge is -1.97. The number of hydrogen-bond acceptors (Lipinski definition) is 3. The Morgan fingerprint density at radius 2 is 2.41 bits per heavy atom. The van der Waals surface area contributed by atoms with Crippen molar-refractivity contribution in [1.29, 1.82) is 0 Å². The van der Waals surface area contributed by atoms with Crippen molar-refractivity contribution in [2.75, 3.05) is 0 Å². The largest absolute Gasteiger partial charge is 0.250 e. The van der Waals surface area contributed by atoms with E-state index in [-0.39, 0.29) is 0 Å². The fourth-order valence-corrected chi connectivity index (χ4v) is 2.00. The van der Waals surface area contributed by atoms with E-state index in [2.05, 4.69) is 31.2 Å². The van der Waals surface area contributed by atoms with Gasteiger partial charge in [0, 0.05) is 10.9 Å². The number of hydrogen-bond donors (Lipinski definition) is 1. The second-order valence-corrected chi connectivity index (χ2v) is 4.71. The molecule has 6 heteroatoms. The topological polar surface area (TPSA) is 46.0 Å². The van der Waals surface area contributed by atoms with Crippen molar-refractivity contribution in [3.63, 3.8) is 0 Å². The quantitative estimate of drug-likeness (QED) is 0.699. The number of nitrogens with one attached hydrogen (secondary N) is 1. The summed E-state index contributed by atoms with van der Waals surface area (Å²) < 4.78 is 3.16. The van der Waals surface area contributed by atoms with Gasteiger partial charge in [0.25, 0.3) is 0 Å². The highest BCUT2D eigenvalue weighted by Crippen LogP contribution is 2.10. The highest BCUT2D eigenvalue weighted by Gasteiger charge is 2.00. The van der Waals surface area contributed by atoms with Crippen molar-refractivity contribution in [3.05, 3.63) is 44.9 Å². The Morgan fingerprint density at radius 3 is 3.12 bits per heavy atom. The van der Waals surface area contributed by atoms with Gasteiger partial charge in [-0.15, -0.1) is 0 Å². The first-order valence-corrected chi connectivity index (χ1v) is 6.37. The van der Waals surface area contributed by atoms with Crippen LogP contribution in [0.2, 0.25) is 0 Å².